The van der Waals surface area contributed by atoms with Gasteiger partial charge in [0.05, 0.1) is 0 Å². The molecule has 0 aliphatic heterocycles. The largest absolute Gasteiger partial charge is 0.477 e. The second-order valence-corrected chi connectivity index (χ2v) is 4.91. The van der Waals surface area contributed by atoms with E-state index in [0.717, 1.165) is 5.56 Å². The van der Waals surface area contributed by atoms with Gasteiger partial charge in [-0.25, -0.2) is 4.79 Å². The SMILES string of the molecule is CC1(NCc2ccsc2C(=O)O)CC1. The normalized spacial score (nSPS) is 18.1. The van der Waals surface area contributed by atoms with Crippen LogP contribution in [0.2, 0.25) is 0 Å². The summed E-state index contributed by atoms with van der Waals surface area (Å²) in [6, 6.07) is 1.88. The van der Waals surface area contributed by atoms with Gasteiger partial charge in [-0.3, -0.25) is 0 Å². The van der Waals surface area contributed by atoms with Gasteiger partial charge in [0.1, 0.15) is 4.88 Å². The van der Waals surface area contributed by atoms with E-state index in [9.17, 15) is 4.79 Å². The molecule has 1 aliphatic rings. The number of carbonyl (C=O) groups is 1. The van der Waals surface area contributed by atoms with Gasteiger partial charge in [0.25, 0.3) is 0 Å². The first-order valence-corrected chi connectivity index (χ1v) is 5.53. The summed E-state index contributed by atoms with van der Waals surface area (Å²) < 4.78 is 0. The molecule has 0 unspecified atom stereocenters. The van der Waals surface area contributed by atoms with Crippen molar-refractivity contribution in [2.24, 2.45) is 0 Å². The molecule has 0 amide bonds. The summed E-state index contributed by atoms with van der Waals surface area (Å²) in [7, 11) is 0. The molecule has 2 rings (SSSR count). The van der Waals surface area contributed by atoms with Gasteiger partial charge in [-0.2, -0.15) is 0 Å². The van der Waals surface area contributed by atoms with Gasteiger partial charge < -0.3 is 10.4 Å². The molecular formula is C10H13NO2S. The average Bonchev–Trinajstić information content (AvgIpc) is 2.68. The molecule has 4 heteroatoms. The molecule has 1 aromatic heterocycles. The lowest BCUT2D eigenvalue weighted by Crippen LogP contribution is -2.27. The van der Waals surface area contributed by atoms with Crippen LogP contribution in [0.25, 0.3) is 0 Å². The Bertz CT molecular complexity index is 355. The van der Waals surface area contributed by atoms with Crippen molar-refractivity contribution in [3.8, 4) is 0 Å². The number of rotatable bonds is 4. The van der Waals surface area contributed by atoms with E-state index in [4.69, 9.17) is 5.11 Å². The monoisotopic (exact) mass is 211 g/mol. The summed E-state index contributed by atoms with van der Waals surface area (Å²) in [6.45, 7) is 2.83. The van der Waals surface area contributed by atoms with Gasteiger partial charge in [-0.05, 0) is 36.8 Å². The van der Waals surface area contributed by atoms with Crippen molar-refractivity contribution in [2.45, 2.75) is 31.8 Å². The third-order valence-electron chi connectivity index (χ3n) is 2.65. The predicted molar refractivity (Wildman–Crippen MR) is 55.8 cm³/mol. The number of thiophene rings is 1. The van der Waals surface area contributed by atoms with Gasteiger partial charge in [0.15, 0.2) is 0 Å². The number of carboxylic acid groups (broad SMARTS) is 1. The Morgan fingerprint density at radius 1 is 1.71 bits per heavy atom. The zero-order chi connectivity index (χ0) is 10.2. The van der Waals surface area contributed by atoms with Crippen LogP contribution in [0.5, 0.6) is 0 Å². The minimum absolute atomic E-state index is 0.262. The van der Waals surface area contributed by atoms with Gasteiger partial charge >= 0.3 is 5.97 Å². The van der Waals surface area contributed by atoms with Gasteiger partial charge in [0, 0.05) is 12.1 Å². The lowest BCUT2D eigenvalue weighted by Gasteiger charge is -2.10. The van der Waals surface area contributed by atoms with Crippen molar-refractivity contribution in [2.75, 3.05) is 0 Å². The maximum absolute atomic E-state index is 10.8. The van der Waals surface area contributed by atoms with Crippen molar-refractivity contribution in [1.29, 1.82) is 0 Å². The number of nitrogens with one attached hydrogen (secondary N) is 1. The van der Waals surface area contributed by atoms with Crippen LogP contribution in [0.4, 0.5) is 0 Å². The molecule has 0 aromatic carbocycles. The molecule has 1 aliphatic carbocycles. The quantitative estimate of drug-likeness (QED) is 0.801. The first-order valence-electron chi connectivity index (χ1n) is 4.65. The standard InChI is InChI=1S/C10H13NO2S/c1-10(3-4-10)11-6-7-2-5-14-8(7)9(12)13/h2,5,11H,3-4,6H2,1H3,(H,12,13). The molecule has 1 fully saturated rings. The lowest BCUT2D eigenvalue weighted by molar-refractivity contribution is 0.0701. The Kier molecular flexibility index (Phi) is 2.33. The predicted octanol–water partition coefficient (Wildman–Crippen LogP) is 2.09. The fourth-order valence-electron chi connectivity index (χ4n) is 1.34. The maximum Gasteiger partial charge on any atom is 0.346 e. The molecule has 1 saturated carbocycles. The minimum Gasteiger partial charge on any atom is -0.477 e. The molecule has 1 heterocycles. The molecule has 76 valence electrons. The van der Waals surface area contributed by atoms with Crippen LogP contribution in [0.1, 0.15) is 35.0 Å². The fourth-order valence-corrected chi connectivity index (χ4v) is 2.10. The van der Waals surface area contributed by atoms with Crippen molar-refractivity contribution < 1.29 is 9.90 Å². The van der Waals surface area contributed by atoms with E-state index >= 15 is 0 Å². The van der Waals surface area contributed by atoms with Crippen LogP contribution >= 0.6 is 11.3 Å². The van der Waals surface area contributed by atoms with Crippen LogP contribution in [0, 0.1) is 0 Å². The number of carboxylic acids is 1. The zero-order valence-corrected chi connectivity index (χ0v) is 8.86. The van der Waals surface area contributed by atoms with Gasteiger partial charge in [-0.1, -0.05) is 0 Å². The lowest BCUT2D eigenvalue weighted by atomic mass is 10.2. The van der Waals surface area contributed by atoms with Gasteiger partial charge in [0.2, 0.25) is 0 Å². The number of hydrogen-bond donors (Lipinski definition) is 2. The van der Waals surface area contributed by atoms with E-state index in [0.29, 0.717) is 11.4 Å². The summed E-state index contributed by atoms with van der Waals surface area (Å²) in [6.07, 6.45) is 2.39. The molecular weight excluding hydrogens is 198 g/mol. The summed E-state index contributed by atoms with van der Waals surface area (Å²) in [5.74, 6) is -0.822. The Hall–Kier alpha value is -0.870. The van der Waals surface area contributed by atoms with Crippen molar-refractivity contribution >= 4 is 17.3 Å². The summed E-state index contributed by atoms with van der Waals surface area (Å²) in [5.41, 5.74) is 1.16. The highest BCUT2D eigenvalue weighted by Crippen LogP contribution is 2.34. The van der Waals surface area contributed by atoms with Crippen molar-refractivity contribution in [3.05, 3.63) is 21.9 Å². The Labute approximate surface area is 86.8 Å². The van der Waals surface area contributed by atoms with Crippen molar-refractivity contribution in [1.82, 2.24) is 5.32 Å². The highest BCUT2D eigenvalue weighted by atomic mass is 32.1. The molecule has 2 N–H and O–H groups in total. The summed E-state index contributed by atoms with van der Waals surface area (Å²) >= 11 is 1.29. The van der Waals surface area contributed by atoms with Crippen LogP contribution in [0.3, 0.4) is 0 Å². The molecule has 0 atom stereocenters. The Morgan fingerprint density at radius 2 is 2.43 bits per heavy atom. The van der Waals surface area contributed by atoms with Crippen LogP contribution in [-0.2, 0) is 6.54 Å². The van der Waals surface area contributed by atoms with Gasteiger partial charge in [-0.15, -0.1) is 11.3 Å². The number of aromatic carboxylic acids is 1. The summed E-state index contributed by atoms with van der Waals surface area (Å²) in [5, 5.41) is 14.1. The topological polar surface area (TPSA) is 49.3 Å². The Morgan fingerprint density at radius 3 is 3.00 bits per heavy atom. The van der Waals surface area contributed by atoms with E-state index < -0.39 is 5.97 Å². The highest BCUT2D eigenvalue weighted by molar-refractivity contribution is 7.12. The third-order valence-corrected chi connectivity index (χ3v) is 3.59. The van der Waals surface area contributed by atoms with E-state index in [-0.39, 0.29) is 5.54 Å². The molecule has 1 aromatic rings. The minimum atomic E-state index is -0.822. The first-order chi connectivity index (χ1) is 6.61. The zero-order valence-electron chi connectivity index (χ0n) is 8.04. The van der Waals surface area contributed by atoms with E-state index in [1.807, 2.05) is 11.4 Å². The summed E-state index contributed by atoms with van der Waals surface area (Å²) in [4.78, 5) is 11.3. The van der Waals surface area contributed by atoms with E-state index in [1.54, 1.807) is 0 Å². The second-order valence-electron chi connectivity index (χ2n) is 3.99. The maximum atomic E-state index is 10.8. The first kappa shape index (κ1) is 9.68. The Balaban J connectivity index is 2.01. The molecule has 14 heavy (non-hydrogen) atoms. The second kappa shape index (κ2) is 3.37. The van der Waals surface area contributed by atoms with Crippen LogP contribution in [0.15, 0.2) is 11.4 Å². The van der Waals surface area contributed by atoms with Crippen molar-refractivity contribution in [3.63, 3.8) is 0 Å². The third kappa shape index (κ3) is 1.96. The van der Waals surface area contributed by atoms with Crippen LogP contribution < -0.4 is 5.32 Å². The molecule has 0 bridgehead atoms. The van der Waals surface area contributed by atoms with Crippen LogP contribution in [-0.4, -0.2) is 16.6 Å². The fraction of sp³-hybridized carbons (Fsp3) is 0.500. The molecule has 0 spiro atoms. The molecule has 3 nitrogen and oxygen atoms in total. The molecule has 0 saturated heterocycles. The van der Waals surface area contributed by atoms with E-state index in [2.05, 4.69) is 12.2 Å². The average molecular weight is 211 g/mol. The molecule has 0 radical (unpaired) electrons. The smallest absolute Gasteiger partial charge is 0.346 e. The highest BCUT2D eigenvalue weighted by Gasteiger charge is 2.36. The number of hydrogen-bond acceptors (Lipinski definition) is 3. The van der Waals surface area contributed by atoms with E-state index in [1.165, 1.54) is 24.2 Å².